The van der Waals surface area contributed by atoms with Crippen LogP contribution in [-0.4, -0.2) is 32.0 Å². The summed E-state index contributed by atoms with van der Waals surface area (Å²) in [7, 11) is 1.61. The molecule has 150 valence electrons. The standard InChI is InChI=1S/C19H19ClF3N3O2/c1-26(11-17(27)24-10-13-5-4-6-14(20)9-13)12-18(28)25-16-8-3-2-7-15(16)19(21,22)23/h2-9H,10-12H2,1H3,(H,24,27)(H,25,28)/p+1. The molecule has 2 amide bonds. The molecule has 0 aromatic heterocycles. The van der Waals surface area contributed by atoms with Crippen LogP contribution in [0.15, 0.2) is 48.5 Å². The number of likely N-dealkylation sites (N-methyl/N-ethyl adjacent to an activating group) is 1. The Morgan fingerprint density at radius 3 is 2.39 bits per heavy atom. The average molecular weight is 415 g/mol. The molecule has 0 bridgehead atoms. The summed E-state index contributed by atoms with van der Waals surface area (Å²) in [4.78, 5) is 24.6. The highest BCUT2D eigenvalue weighted by Gasteiger charge is 2.33. The number of para-hydroxylation sites is 1. The van der Waals surface area contributed by atoms with Gasteiger partial charge in [-0.1, -0.05) is 35.9 Å². The molecule has 2 aromatic carbocycles. The molecule has 0 saturated carbocycles. The Balaban J connectivity index is 1.83. The highest BCUT2D eigenvalue weighted by Crippen LogP contribution is 2.34. The normalized spacial score (nSPS) is 12.3. The maximum absolute atomic E-state index is 13.0. The van der Waals surface area contributed by atoms with Crippen LogP contribution in [0.4, 0.5) is 18.9 Å². The van der Waals surface area contributed by atoms with Gasteiger partial charge >= 0.3 is 6.18 Å². The molecule has 0 fully saturated rings. The molecular weight excluding hydrogens is 395 g/mol. The van der Waals surface area contributed by atoms with Crippen LogP contribution in [0.1, 0.15) is 11.1 Å². The van der Waals surface area contributed by atoms with E-state index in [1.807, 2.05) is 6.07 Å². The first-order valence-electron chi connectivity index (χ1n) is 8.43. The maximum Gasteiger partial charge on any atom is 0.418 e. The fraction of sp³-hybridized carbons (Fsp3) is 0.263. The number of halogens is 4. The van der Waals surface area contributed by atoms with Crippen LogP contribution < -0.4 is 15.5 Å². The van der Waals surface area contributed by atoms with Gasteiger partial charge in [0.05, 0.1) is 18.3 Å². The number of alkyl halides is 3. The first-order valence-corrected chi connectivity index (χ1v) is 8.81. The van der Waals surface area contributed by atoms with E-state index in [0.717, 1.165) is 11.6 Å². The lowest BCUT2D eigenvalue weighted by atomic mass is 10.1. The summed E-state index contributed by atoms with van der Waals surface area (Å²) in [5.41, 5.74) is -0.390. The van der Waals surface area contributed by atoms with Crippen molar-refractivity contribution in [3.8, 4) is 0 Å². The third kappa shape index (κ3) is 6.86. The Bertz CT molecular complexity index is 843. The molecule has 0 spiro atoms. The number of quaternary nitrogens is 1. The van der Waals surface area contributed by atoms with Gasteiger partial charge in [0.25, 0.3) is 11.8 Å². The molecular formula is C19H20ClF3N3O2+. The summed E-state index contributed by atoms with van der Waals surface area (Å²) in [6, 6.07) is 11.8. The summed E-state index contributed by atoms with van der Waals surface area (Å²) >= 11 is 5.88. The summed E-state index contributed by atoms with van der Waals surface area (Å²) < 4.78 is 38.9. The van der Waals surface area contributed by atoms with Crippen molar-refractivity contribution in [2.75, 3.05) is 25.5 Å². The number of carbonyl (C=O) groups excluding carboxylic acids is 2. The quantitative estimate of drug-likeness (QED) is 0.650. The van der Waals surface area contributed by atoms with E-state index in [4.69, 9.17) is 11.6 Å². The molecule has 2 rings (SSSR count). The van der Waals surface area contributed by atoms with Gasteiger partial charge in [0.1, 0.15) is 0 Å². The minimum Gasteiger partial charge on any atom is -0.347 e. The number of nitrogens with one attached hydrogen (secondary N) is 3. The largest absolute Gasteiger partial charge is 0.418 e. The predicted molar refractivity (Wildman–Crippen MR) is 100.0 cm³/mol. The number of rotatable bonds is 7. The SMILES string of the molecule is C[NH+](CC(=O)NCc1cccc(Cl)c1)CC(=O)Nc1ccccc1C(F)(F)F. The van der Waals surface area contributed by atoms with E-state index in [1.165, 1.54) is 18.2 Å². The summed E-state index contributed by atoms with van der Waals surface area (Å²) in [5, 5.41) is 5.53. The van der Waals surface area contributed by atoms with Crippen LogP contribution in [0.5, 0.6) is 0 Å². The molecule has 28 heavy (non-hydrogen) atoms. The number of hydrogen-bond acceptors (Lipinski definition) is 2. The van der Waals surface area contributed by atoms with E-state index in [2.05, 4.69) is 10.6 Å². The molecule has 3 N–H and O–H groups in total. The average Bonchev–Trinajstić information content (AvgIpc) is 2.59. The lowest BCUT2D eigenvalue weighted by Gasteiger charge is -2.16. The molecule has 1 atom stereocenters. The molecule has 0 aliphatic heterocycles. The van der Waals surface area contributed by atoms with E-state index in [1.54, 1.807) is 25.2 Å². The second-order valence-corrected chi connectivity index (χ2v) is 6.75. The van der Waals surface area contributed by atoms with E-state index < -0.39 is 17.6 Å². The predicted octanol–water partition coefficient (Wildman–Crippen LogP) is 2.13. The van der Waals surface area contributed by atoms with E-state index >= 15 is 0 Å². The second kappa shape index (κ2) is 9.57. The van der Waals surface area contributed by atoms with Crippen molar-refractivity contribution < 1.29 is 27.7 Å². The maximum atomic E-state index is 13.0. The Morgan fingerprint density at radius 1 is 1.04 bits per heavy atom. The van der Waals surface area contributed by atoms with Crippen LogP contribution >= 0.6 is 11.6 Å². The molecule has 1 unspecified atom stereocenters. The van der Waals surface area contributed by atoms with Gasteiger partial charge in [-0.25, -0.2) is 0 Å². The van der Waals surface area contributed by atoms with Crippen LogP contribution in [0, 0.1) is 0 Å². The number of hydrogen-bond donors (Lipinski definition) is 3. The van der Waals surface area contributed by atoms with Crippen LogP contribution in [-0.2, 0) is 22.3 Å². The van der Waals surface area contributed by atoms with Gasteiger partial charge in [-0.3, -0.25) is 9.59 Å². The zero-order chi connectivity index (χ0) is 20.7. The van der Waals surface area contributed by atoms with Gasteiger partial charge in [0, 0.05) is 11.6 Å². The minimum atomic E-state index is -4.57. The van der Waals surface area contributed by atoms with Gasteiger partial charge in [0.2, 0.25) is 0 Å². The highest BCUT2D eigenvalue weighted by atomic mass is 35.5. The molecule has 0 aliphatic carbocycles. The van der Waals surface area contributed by atoms with Gasteiger partial charge in [-0.05, 0) is 29.8 Å². The molecule has 0 saturated heterocycles. The fourth-order valence-electron chi connectivity index (χ4n) is 2.55. The van der Waals surface area contributed by atoms with Crippen LogP contribution in [0.3, 0.4) is 0 Å². The van der Waals surface area contributed by atoms with Crippen molar-refractivity contribution in [3.05, 3.63) is 64.7 Å². The molecule has 0 radical (unpaired) electrons. The Kier molecular flexibility index (Phi) is 7.42. The number of benzene rings is 2. The zero-order valence-corrected chi connectivity index (χ0v) is 15.8. The Labute approximate surface area is 165 Å². The lowest BCUT2D eigenvalue weighted by molar-refractivity contribution is -0.862. The van der Waals surface area contributed by atoms with Crippen molar-refractivity contribution in [1.29, 1.82) is 0 Å². The molecule has 9 heteroatoms. The van der Waals surface area contributed by atoms with Crippen molar-refractivity contribution in [2.24, 2.45) is 0 Å². The molecule has 5 nitrogen and oxygen atoms in total. The monoisotopic (exact) mass is 414 g/mol. The van der Waals surface area contributed by atoms with Crippen molar-refractivity contribution in [3.63, 3.8) is 0 Å². The van der Waals surface area contributed by atoms with Crippen LogP contribution in [0.25, 0.3) is 0 Å². The van der Waals surface area contributed by atoms with Crippen molar-refractivity contribution in [1.82, 2.24) is 5.32 Å². The minimum absolute atomic E-state index is 0.00506. The first-order chi connectivity index (χ1) is 13.1. The Morgan fingerprint density at radius 2 is 1.71 bits per heavy atom. The molecule has 2 aromatic rings. The molecule has 0 heterocycles. The zero-order valence-electron chi connectivity index (χ0n) is 15.1. The second-order valence-electron chi connectivity index (χ2n) is 6.31. The Hall–Kier alpha value is -2.58. The third-order valence-corrected chi connectivity index (χ3v) is 4.05. The van der Waals surface area contributed by atoms with Crippen molar-refractivity contribution >= 4 is 29.1 Å². The summed E-state index contributed by atoms with van der Waals surface area (Å²) in [6.07, 6.45) is -4.57. The van der Waals surface area contributed by atoms with Crippen LogP contribution in [0.2, 0.25) is 5.02 Å². The van der Waals surface area contributed by atoms with Gasteiger partial charge in [0.15, 0.2) is 13.1 Å². The smallest absolute Gasteiger partial charge is 0.347 e. The number of carbonyl (C=O) groups is 2. The fourth-order valence-corrected chi connectivity index (χ4v) is 2.77. The van der Waals surface area contributed by atoms with E-state index in [0.29, 0.717) is 9.92 Å². The lowest BCUT2D eigenvalue weighted by Crippen LogP contribution is -3.11. The molecule has 0 aliphatic rings. The van der Waals surface area contributed by atoms with Gasteiger partial charge < -0.3 is 15.5 Å². The number of anilines is 1. The first kappa shape index (κ1) is 21.7. The highest BCUT2D eigenvalue weighted by molar-refractivity contribution is 6.30. The van der Waals surface area contributed by atoms with E-state index in [9.17, 15) is 22.8 Å². The summed E-state index contributed by atoms with van der Waals surface area (Å²) in [5.74, 6) is -0.905. The van der Waals surface area contributed by atoms with Crippen molar-refractivity contribution in [2.45, 2.75) is 12.7 Å². The third-order valence-electron chi connectivity index (χ3n) is 3.81. The van der Waals surface area contributed by atoms with Gasteiger partial charge in [-0.15, -0.1) is 0 Å². The van der Waals surface area contributed by atoms with Gasteiger partial charge in [-0.2, -0.15) is 13.2 Å². The number of amides is 2. The summed E-state index contributed by atoms with van der Waals surface area (Å²) in [6.45, 7) is 0.128. The topological polar surface area (TPSA) is 62.6 Å². The van der Waals surface area contributed by atoms with E-state index in [-0.39, 0.29) is 31.2 Å².